The topological polar surface area (TPSA) is 110 Å². The molecule has 1 aromatic heterocycles. The summed E-state index contributed by atoms with van der Waals surface area (Å²) in [4.78, 5) is 32.4. The number of anilines is 2. The van der Waals surface area contributed by atoms with Crippen molar-refractivity contribution >= 4 is 23.3 Å². The number of hydrogen-bond acceptors (Lipinski definition) is 5. The zero-order chi connectivity index (χ0) is 19.2. The molecule has 0 aliphatic rings. The summed E-state index contributed by atoms with van der Waals surface area (Å²) < 4.78 is 0. The summed E-state index contributed by atoms with van der Waals surface area (Å²) in [5.41, 5.74) is 7.81. The first-order valence-corrected chi connectivity index (χ1v) is 8.38. The van der Waals surface area contributed by atoms with Gasteiger partial charge in [-0.25, -0.2) is 9.97 Å². The van der Waals surface area contributed by atoms with E-state index in [1.807, 2.05) is 31.2 Å². The first kappa shape index (κ1) is 18.1. The predicted octanol–water partition coefficient (Wildman–Crippen LogP) is 2.80. The van der Waals surface area contributed by atoms with Gasteiger partial charge in [0.1, 0.15) is 0 Å². The Labute approximate surface area is 156 Å². The maximum atomic E-state index is 12.3. The third-order valence-electron chi connectivity index (χ3n) is 3.97. The van der Waals surface area contributed by atoms with Gasteiger partial charge in [-0.2, -0.15) is 0 Å². The number of hydrogen-bond donors (Lipinski definition) is 3. The number of rotatable bonds is 5. The van der Waals surface area contributed by atoms with Gasteiger partial charge in [0.2, 0.25) is 0 Å². The molecule has 0 saturated heterocycles. The fourth-order valence-corrected chi connectivity index (χ4v) is 2.55. The highest BCUT2D eigenvalue weighted by atomic mass is 16.2. The first-order chi connectivity index (χ1) is 13.0. The molecule has 1 atom stereocenters. The number of nitrogens with one attached hydrogen (secondary N) is 2. The average molecular weight is 361 g/mol. The Kier molecular flexibility index (Phi) is 5.41. The highest BCUT2D eigenvalue weighted by Gasteiger charge is 2.16. The van der Waals surface area contributed by atoms with Gasteiger partial charge in [0.15, 0.2) is 11.5 Å². The number of amides is 2. The molecule has 1 heterocycles. The van der Waals surface area contributed by atoms with Crippen LogP contribution in [-0.2, 0) is 0 Å². The quantitative estimate of drug-likeness (QED) is 0.647. The molecule has 7 nitrogen and oxygen atoms in total. The van der Waals surface area contributed by atoms with Crippen molar-refractivity contribution in [2.75, 3.05) is 11.1 Å². The minimum Gasteiger partial charge on any atom is -0.382 e. The summed E-state index contributed by atoms with van der Waals surface area (Å²) in [6.45, 7) is 1.84. The molecule has 0 fully saturated rings. The zero-order valence-electron chi connectivity index (χ0n) is 14.7. The van der Waals surface area contributed by atoms with E-state index in [1.165, 1.54) is 12.4 Å². The summed E-state index contributed by atoms with van der Waals surface area (Å²) in [5.74, 6) is -0.533. The van der Waals surface area contributed by atoms with Crippen LogP contribution in [-0.4, -0.2) is 21.8 Å². The molecule has 27 heavy (non-hydrogen) atoms. The minimum atomic E-state index is -0.410. The molecule has 2 aromatic carbocycles. The second-order valence-electron chi connectivity index (χ2n) is 5.93. The second kappa shape index (κ2) is 8.09. The molecule has 1 unspecified atom stereocenters. The van der Waals surface area contributed by atoms with Crippen LogP contribution in [0, 0.1) is 0 Å². The number of nitrogens with two attached hydrogens (primary N) is 1. The van der Waals surface area contributed by atoms with E-state index in [2.05, 4.69) is 20.6 Å². The molecule has 2 amide bonds. The minimum absolute atomic E-state index is 0.0751. The Morgan fingerprint density at radius 1 is 0.963 bits per heavy atom. The number of aromatic nitrogens is 2. The highest BCUT2D eigenvalue weighted by molar-refractivity contribution is 6.04. The monoisotopic (exact) mass is 361 g/mol. The molecule has 3 rings (SSSR count). The number of benzene rings is 2. The molecule has 7 heteroatoms. The van der Waals surface area contributed by atoms with Crippen LogP contribution in [0.3, 0.4) is 0 Å². The van der Waals surface area contributed by atoms with Crippen LogP contribution in [0.2, 0.25) is 0 Å². The lowest BCUT2D eigenvalue weighted by Crippen LogP contribution is -2.28. The molecule has 0 aliphatic heterocycles. The molecular weight excluding hydrogens is 342 g/mol. The Bertz CT molecular complexity index is 959. The van der Waals surface area contributed by atoms with Gasteiger partial charge in [-0.1, -0.05) is 30.3 Å². The van der Waals surface area contributed by atoms with Crippen molar-refractivity contribution in [3.63, 3.8) is 0 Å². The van der Waals surface area contributed by atoms with Crippen LogP contribution < -0.4 is 16.4 Å². The number of carbonyl (C=O) groups is 2. The first-order valence-electron chi connectivity index (χ1n) is 8.38. The van der Waals surface area contributed by atoms with Gasteiger partial charge in [-0.3, -0.25) is 9.59 Å². The lowest BCUT2D eigenvalue weighted by atomic mass is 10.1. The van der Waals surface area contributed by atoms with E-state index < -0.39 is 5.91 Å². The molecular formula is C20H19N5O2. The van der Waals surface area contributed by atoms with Crippen LogP contribution in [0.1, 0.15) is 39.4 Å². The molecule has 0 spiro atoms. The normalized spacial score (nSPS) is 11.4. The van der Waals surface area contributed by atoms with Crippen LogP contribution in [0.15, 0.2) is 67.0 Å². The van der Waals surface area contributed by atoms with E-state index in [4.69, 9.17) is 5.73 Å². The third kappa shape index (κ3) is 4.46. The fraction of sp³-hybridized carbons (Fsp3) is 0.100. The summed E-state index contributed by atoms with van der Waals surface area (Å²) in [6.07, 6.45) is 2.84. The van der Waals surface area contributed by atoms with E-state index >= 15 is 0 Å². The van der Waals surface area contributed by atoms with Gasteiger partial charge in [0, 0.05) is 23.6 Å². The van der Waals surface area contributed by atoms with Gasteiger partial charge in [-0.15, -0.1) is 0 Å². The maximum absolute atomic E-state index is 12.3. The van der Waals surface area contributed by atoms with Gasteiger partial charge < -0.3 is 16.4 Å². The molecule has 0 aliphatic carbocycles. The predicted molar refractivity (Wildman–Crippen MR) is 103 cm³/mol. The largest absolute Gasteiger partial charge is 0.382 e. The molecule has 0 radical (unpaired) electrons. The zero-order valence-corrected chi connectivity index (χ0v) is 14.7. The lowest BCUT2D eigenvalue weighted by molar-refractivity contribution is 0.0934. The smallest absolute Gasteiger partial charge is 0.274 e. The van der Waals surface area contributed by atoms with E-state index in [1.54, 1.807) is 30.3 Å². The average Bonchev–Trinajstić information content (AvgIpc) is 2.69. The van der Waals surface area contributed by atoms with Crippen molar-refractivity contribution in [3.05, 3.63) is 83.8 Å². The Morgan fingerprint density at radius 3 is 2.44 bits per heavy atom. The summed E-state index contributed by atoms with van der Waals surface area (Å²) in [7, 11) is 0. The van der Waals surface area contributed by atoms with Crippen molar-refractivity contribution in [1.82, 2.24) is 15.3 Å². The Hall–Kier alpha value is -3.74. The van der Waals surface area contributed by atoms with Gasteiger partial charge in [0.05, 0.1) is 6.04 Å². The Balaban J connectivity index is 1.70. The van der Waals surface area contributed by atoms with Crippen molar-refractivity contribution in [2.24, 2.45) is 0 Å². The number of nitrogens with zero attached hydrogens (tertiary/aromatic N) is 2. The van der Waals surface area contributed by atoms with E-state index in [0.717, 1.165) is 5.56 Å². The molecule has 0 saturated carbocycles. The summed E-state index contributed by atoms with van der Waals surface area (Å²) in [6, 6.07) is 15.9. The summed E-state index contributed by atoms with van der Waals surface area (Å²) in [5, 5.41) is 5.68. The molecule has 136 valence electrons. The van der Waals surface area contributed by atoms with Crippen molar-refractivity contribution in [2.45, 2.75) is 13.0 Å². The van der Waals surface area contributed by atoms with Crippen LogP contribution in [0.4, 0.5) is 11.5 Å². The maximum Gasteiger partial charge on any atom is 0.274 e. The van der Waals surface area contributed by atoms with Crippen molar-refractivity contribution < 1.29 is 9.59 Å². The lowest BCUT2D eigenvalue weighted by Gasteiger charge is -2.16. The van der Waals surface area contributed by atoms with E-state index in [9.17, 15) is 9.59 Å². The molecule has 4 N–H and O–H groups in total. The highest BCUT2D eigenvalue weighted by Crippen LogP contribution is 2.19. The van der Waals surface area contributed by atoms with Crippen LogP contribution >= 0.6 is 0 Å². The summed E-state index contributed by atoms with van der Waals surface area (Å²) >= 11 is 0. The van der Waals surface area contributed by atoms with Gasteiger partial charge in [-0.05, 0) is 36.8 Å². The molecule has 0 bridgehead atoms. The number of nitrogen functional groups attached to an aromatic ring is 1. The second-order valence-corrected chi connectivity index (χ2v) is 5.93. The number of carbonyl (C=O) groups excluding carboxylic acids is 2. The van der Waals surface area contributed by atoms with E-state index in [0.29, 0.717) is 11.3 Å². The molecule has 3 aromatic rings. The van der Waals surface area contributed by atoms with Gasteiger partial charge >= 0.3 is 0 Å². The Morgan fingerprint density at radius 2 is 1.70 bits per heavy atom. The fourth-order valence-electron chi connectivity index (χ4n) is 2.55. The standard InChI is InChI=1S/C20H19N5O2/c1-13(24-20(27)17-18(21)23-11-10-22-17)15-8-5-9-16(12-15)25-19(26)14-6-3-2-4-7-14/h2-13H,1H3,(H2,21,23)(H,24,27)(H,25,26). The van der Waals surface area contributed by atoms with Crippen LogP contribution in [0.25, 0.3) is 0 Å². The SMILES string of the molecule is CC(NC(=O)c1nccnc1N)c1cccc(NC(=O)c2ccccc2)c1. The van der Waals surface area contributed by atoms with E-state index in [-0.39, 0.29) is 23.5 Å². The van der Waals surface area contributed by atoms with Crippen molar-refractivity contribution in [3.8, 4) is 0 Å². The van der Waals surface area contributed by atoms with Gasteiger partial charge in [0.25, 0.3) is 11.8 Å². The van der Waals surface area contributed by atoms with Crippen LogP contribution in [0.5, 0.6) is 0 Å². The van der Waals surface area contributed by atoms with Crippen molar-refractivity contribution in [1.29, 1.82) is 0 Å². The third-order valence-corrected chi connectivity index (χ3v) is 3.97.